The van der Waals surface area contributed by atoms with Crippen molar-refractivity contribution in [2.75, 3.05) is 11.9 Å². The molecule has 0 radical (unpaired) electrons. The summed E-state index contributed by atoms with van der Waals surface area (Å²) in [6.07, 6.45) is 1.45. The minimum absolute atomic E-state index is 0.0764. The highest BCUT2D eigenvalue weighted by Crippen LogP contribution is 2.24. The lowest BCUT2D eigenvalue weighted by atomic mass is 10.1. The van der Waals surface area contributed by atoms with Gasteiger partial charge < -0.3 is 9.73 Å². The third-order valence-electron chi connectivity index (χ3n) is 4.24. The molecule has 2 aromatic carbocycles. The van der Waals surface area contributed by atoms with Gasteiger partial charge in [-0.3, -0.25) is 4.79 Å². The van der Waals surface area contributed by atoms with E-state index in [9.17, 15) is 13.2 Å². The van der Waals surface area contributed by atoms with Crippen LogP contribution in [0.5, 0.6) is 0 Å². The Morgan fingerprint density at radius 3 is 2.52 bits per heavy atom. The molecule has 0 atom stereocenters. The van der Waals surface area contributed by atoms with Gasteiger partial charge in [0.1, 0.15) is 5.76 Å². The Morgan fingerprint density at radius 2 is 1.90 bits per heavy atom. The predicted molar refractivity (Wildman–Crippen MR) is 111 cm³/mol. The van der Waals surface area contributed by atoms with Crippen LogP contribution in [0, 0.1) is 13.8 Å². The normalized spacial score (nSPS) is 11.2. The molecule has 0 fully saturated rings. The summed E-state index contributed by atoms with van der Waals surface area (Å²) in [6.45, 7) is 7.31. The molecule has 3 rings (SSSR count). The number of anilines is 1. The zero-order valence-electron chi connectivity index (χ0n) is 16.1. The summed E-state index contributed by atoms with van der Waals surface area (Å²) in [5.74, 6) is 0.870. The number of oxazole rings is 1. The molecular weight excluding hydrogens is 390 g/mol. The van der Waals surface area contributed by atoms with E-state index in [0.717, 1.165) is 17.0 Å². The number of nitrogens with zero attached hydrogens (tertiary/aromatic N) is 1. The Kier molecular flexibility index (Phi) is 5.95. The quantitative estimate of drug-likeness (QED) is 0.578. The molecule has 29 heavy (non-hydrogen) atoms. The molecule has 8 heteroatoms. The number of carbonyl (C=O) groups excluding carboxylic acids is 1. The van der Waals surface area contributed by atoms with Crippen molar-refractivity contribution < 1.29 is 17.6 Å². The van der Waals surface area contributed by atoms with Crippen LogP contribution in [0.2, 0.25) is 0 Å². The molecule has 0 saturated heterocycles. The Labute approximate surface area is 169 Å². The van der Waals surface area contributed by atoms with Crippen molar-refractivity contribution in [3.63, 3.8) is 0 Å². The van der Waals surface area contributed by atoms with Crippen LogP contribution in [0.15, 0.2) is 70.5 Å². The van der Waals surface area contributed by atoms with E-state index in [0.29, 0.717) is 17.1 Å². The zero-order chi connectivity index (χ0) is 21.0. The SMILES string of the molecule is C=CCNS(=O)(=O)c1ccc(C(=O)Nc2cccc(-c3nc(C)c(C)o3)c2)cc1. The fourth-order valence-electron chi connectivity index (χ4n) is 2.57. The second kappa shape index (κ2) is 8.42. The third kappa shape index (κ3) is 4.79. The van der Waals surface area contributed by atoms with Crippen LogP contribution < -0.4 is 10.0 Å². The molecule has 0 aliphatic rings. The van der Waals surface area contributed by atoms with Crippen molar-refractivity contribution in [1.29, 1.82) is 0 Å². The first-order valence-corrected chi connectivity index (χ1v) is 10.3. The number of amides is 1. The average molecular weight is 411 g/mol. The topological polar surface area (TPSA) is 101 Å². The number of rotatable bonds is 7. The number of sulfonamides is 1. The zero-order valence-corrected chi connectivity index (χ0v) is 16.9. The number of hydrogen-bond acceptors (Lipinski definition) is 5. The van der Waals surface area contributed by atoms with Crippen LogP contribution in [0.25, 0.3) is 11.5 Å². The lowest BCUT2D eigenvalue weighted by Gasteiger charge is -2.08. The molecule has 0 unspecified atom stereocenters. The van der Waals surface area contributed by atoms with Crippen molar-refractivity contribution in [2.45, 2.75) is 18.7 Å². The van der Waals surface area contributed by atoms with Gasteiger partial charge in [0.2, 0.25) is 15.9 Å². The van der Waals surface area contributed by atoms with E-state index < -0.39 is 10.0 Å². The van der Waals surface area contributed by atoms with Crippen LogP contribution in [0.1, 0.15) is 21.8 Å². The van der Waals surface area contributed by atoms with E-state index in [2.05, 4.69) is 21.6 Å². The second-order valence-electron chi connectivity index (χ2n) is 6.36. The minimum atomic E-state index is -3.63. The van der Waals surface area contributed by atoms with E-state index in [1.807, 2.05) is 19.9 Å². The largest absolute Gasteiger partial charge is 0.441 e. The van der Waals surface area contributed by atoms with Gasteiger partial charge in [-0.25, -0.2) is 18.1 Å². The van der Waals surface area contributed by atoms with Crippen molar-refractivity contribution >= 4 is 21.6 Å². The summed E-state index contributed by atoms with van der Waals surface area (Å²) in [7, 11) is -3.63. The fourth-order valence-corrected chi connectivity index (χ4v) is 3.57. The van der Waals surface area contributed by atoms with Gasteiger partial charge in [0.15, 0.2) is 0 Å². The molecule has 0 saturated carbocycles. The molecule has 0 aliphatic heterocycles. The van der Waals surface area contributed by atoms with E-state index >= 15 is 0 Å². The van der Waals surface area contributed by atoms with Crippen molar-refractivity contribution in [2.24, 2.45) is 0 Å². The summed E-state index contributed by atoms with van der Waals surface area (Å²) in [5, 5.41) is 2.80. The van der Waals surface area contributed by atoms with Crippen LogP contribution in [-0.4, -0.2) is 25.9 Å². The van der Waals surface area contributed by atoms with Gasteiger partial charge in [0.05, 0.1) is 10.6 Å². The maximum Gasteiger partial charge on any atom is 0.255 e. The second-order valence-corrected chi connectivity index (χ2v) is 8.13. The number of aryl methyl sites for hydroxylation is 2. The number of nitrogens with one attached hydrogen (secondary N) is 2. The van der Waals surface area contributed by atoms with Crippen LogP contribution in [-0.2, 0) is 10.0 Å². The Balaban J connectivity index is 1.75. The van der Waals surface area contributed by atoms with Gasteiger partial charge in [-0.15, -0.1) is 6.58 Å². The highest BCUT2D eigenvalue weighted by atomic mass is 32.2. The first-order chi connectivity index (χ1) is 13.8. The van der Waals surface area contributed by atoms with Crippen molar-refractivity contribution in [3.05, 3.63) is 78.2 Å². The van der Waals surface area contributed by atoms with Gasteiger partial charge in [0.25, 0.3) is 5.91 Å². The monoisotopic (exact) mass is 411 g/mol. The summed E-state index contributed by atoms with van der Waals surface area (Å²) in [6, 6.07) is 12.8. The molecule has 3 aromatic rings. The molecule has 1 heterocycles. The fraction of sp³-hybridized carbons (Fsp3) is 0.143. The van der Waals surface area contributed by atoms with Crippen molar-refractivity contribution in [3.8, 4) is 11.5 Å². The average Bonchev–Trinajstić information content (AvgIpc) is 3.05. The lowest BCUT2D eigenvalue weighted by molar-refractivity contribution is 0.102. The summed E-state index contributed by atoms with van der Waals surface area (Å²) >= 11 is 0. The summed E-state index contributed by atoms with van der Waals surface area (Å²) < 4.78 is 32.2. The van der Waals surface area contributed by atoms with Gasteiger partial charge in [-0.2, -0.15) is 0 Å². The molecule has 0 aliphatic carbocycles. The molecule has 0 spiro atoms. The predicted octanol–water partition coefficient (Wildman–Crippen LogP) is 3.68. The van der Waals surface area contributed by atoms with Crippen LogP contribution >= 0.6 is 0 Å². The third-order valence-corrected chi connectivity index (χ3v) is 5.68. The lowest BCUT2D eigenvalue weighted by Crippen LogP contribution is -2.23. The Bertz CT molecular complexity index is 1130. The summed E-state index contributed by atoms with van der Waals surface area (Å²) in [5.41, 5.74) is 2.46. The molecule has 0 bridgehead atoms. The highest BCUT2D eigenvalue weighted by molar-refractivity contribution is 7.89. The Morgan fingerprint density at radius 1 is 1.17 bits per heavy atom. The molecule has 7 nitrogen and oxygen atoms in total. The number of aromatic nitrogens is 1. The van der Waals surface area contributed by atoms with Crippen LogP contribution in [0.4, 0.5) is 5.69 Å². The molecule has 1 aromatic heterocycles. The van der Waals surface area contributed by atoms with E-state index in [-0.39, 0.29) is 17.3 Å². The standard InChI is InChI=1S/C21H21N3O4S/c1-4-12-22-29(26,27)19-10-8-16(9-11-19)20(25)24-18-7-5-6-17(13-18)21-23-14(2)15(3)28-21/h4-11,13,22H,1,12H2,2-3H3,(H,24,25). The molecular formula is C21H21N3O4S. The maximum atomic E-state index is 12.5. The maximum absolute atomic E-state index is 12.5. The molecule has 1 amide bonds. The first kappa shape index (κ1) is 20.5. The smallest absolute Gasteiger partial charge is 0.255 e. The van der Waals surface area contributed by atoms with E-state index in [1.54, 1.807) is 18.2 Å². The number of hydrogen-bond donors (Lipinski definition) is 2. The molecule has 2 N–H and O–H groups in total. The first-order valence-electron chi connectivity index (χ1n) is 8.86. The van der Waals surface area contributed by atoms with Crippen LogP contribution in [0.3, 0.4) is 0 Å². The minimum Gasteiger partial charge on any atom is -0.441 e. The number of carbonyl (C=O) groups is 1. The van der Waals surface area contributed by atoms with Gasteiger partial charge in [-0.1, -0.05) is 12.1 Å². The van der Waals surface area contributed by atoms with Gasteiger partial charge >= 0.3 is 0 Å². The molecule has 150 valence electrons. The van der Waals surface area contributed by atoms with Gasteiger partial charge in [-0.05, 0) is 56.3 Å². The highest BCUT2D eigenvalue weighted by Gasteiger charge is 2.15. The van der Waals surface area contributed by atoms with Gasteiger partial charge in [0, 0.05) is 23.4 Å². The Hall–Kier alpha value is -3.23. The van der Waals surface area contributed by atoms with Crippen molar-refractivity contribution in [1.82, 2.24) is 9.71 Å². The number of benzene rings is 2. The van der Waals surface area contributed by atoms with E-state index in [1.165, 1.54) is 30.3 Å². The summed E-state index contributed by atoms with van der Waals surface area (Å²) in [4.78, 5) is 17.0. The van der Waals surface area contributed by atoms with E-state index in [4.69, 9.17) is 4.42 Å².